The van der Waals surface area contributed by atoms with Gasteiger partial charge in [-0.1, -0.05) is 74.0 Å². The highest BCUT2D eigenvalue weighted by molar-refractivity contribution is 6.32. The Morgan fingerprint density at radius 2 is 1.89 bits per heavy atom. The van der Waals surface area contributed by atoms with Crippen LogP contribution in [0.4, 0.5) is 0 Å². The molecule has 4 rings (SSSR count). The van der Waals surface area contributed by atoms with Crippen LogP contribution in [0.5, 0.6) is 11.5 Å². The van der Waals surface area contributed by atoms with Gasteiger partial charge in [-0.2, -0.15) is 5.26 Å². The lowest BCUT2D eigenvalue weighted by molar-refractivity contribution is -0.152. The van der Waals surface area contributed by atoms with Gasteiger partial charge < -0.3 is 14.6 Å². The fourth-order valence-corrected chi connectivity index (χ4v) is 4.75. The van der Waals surface area contributed by atoms with Crippen LogP contribution in [-0.4, -0.2) is 29.0 Å². The lowest BCUT2D eigenvalue weighted by Gasteiger charge is -2.44. The first kappa shape index (κ1) is 26.6. The monoisotopic (exact) mass is 528 g/mol. The quantitative estimate of drug-likeness (QED) is 0.333. The molecule has 0 bridgehead atoms. The van der Waals surface area contributed by atoms with Gasteiger partial charge in [0, 0.05) is 29.4 Å². The number of nitrogens with zero attached hydrogens (tertiary/aromatic N) is 2. The van der Waals surface area contributed by atoms with E-state index in [0.717, 1.165) is 11.1 Å². The van der Waals surface area contributed by atoms with Crippen molar-refractivity contribution in [3.63, 3.8) is 0 Å². The predicted molar refractivity (Wildman–Crippen MR) is 143 cm³/mol. The van der Waals surface area contributed by atoms with E-state index < -0.39 is 16.8 Å². The van der Waals surface area contributed by atoms with E-state index in [4.69, 9.17) is 26.3 Å². The Kier molecular flexibility index (Phi) is 7.65. The molecule has 0 saturated carbocycles. The average molecular weight is 529 g/mol. The number of benzene rings is 2. The summed E-state index contributed by atoms with van der Waals surface area (Å²) in [7, 11) is 0. The van der Waals surface area contributed by atoms with Gasteiger partial charge in [0.25, 0.3) is 0 Å². The first-order valence-electron chi connectivity index (χ1n) is 11.8. The van der Waals surface area contributed by atoms with Crippen molar-refractivity contribution in [1.29, 1.82) is 5.26 Å². The minimum atomic E-state index is -1.41. The summed E-state index contributed by atoms with van der Waals surface area (Å²) in [5.41, 5.74) is 0.752. The number of pyridine rings is 1. The van der Waals surface area contributed by atoms with Crippen molar-refractivity contribution in [3.05, 3.63) is 106 Å². The maximum absolute atomic E-state index is 12.8. The fourth-order valence-electron chi connectivity index (χ4n) is 4.53. The van der Waals surface area contributed by atoms with Crippen LogP contribution in [0.2, 0.25) is 5.02 Å². The van der Waals surface area contributed by atoms with E-state index in [2.05, 4.69) is 4.98 Å². The van der Waals surface area contributed by atoms with Crippen LogP contribution in [0.3, 0.4) is 0 Å². The van der Waals surface area contributed by atoms with Crippen LogP contribution >= 0.6 is 11.6 Å². The molecule has 8 heteroatoms. The van der Waals surface area contributed by atoms with E-state index in [0.29, 0.717) is 17.4 Å². The molecule has 2 aromatic carbocycles. The third kappa shape index (κ3) is 5.04. The number of aliphatic carboxylic acids is 1. The second kappa shape index (κ2) is 10.9. The third-order valence-electron chi connectivity index (χ3n) is 6.86. The lowest BCUT2D eigenvalue weighted by Crippen LogP contribution is -2.49. The molecule has 0 radical (unpaired) electrons. The van der Waals surface area contributed by atoms with Crippen molar-refractivity contribution >= 4 is 29.4 Å². The molecule has 0 amide bonds. The van der Waals surface area contributed by atoms with E-state index in [9.17, 15) is 14.7 Å². The highest BCUT2D eigenvalue weighted by atomic mass is 35.5. The Morgan fingerprint density at radius 1 is 1.13 bits per heavy atom. The number of halogens is 1. The van der Waals surface area contributed by atoms with Crippen molar-refractivity contribution in [3.8, 4) is 17.6 Å². The molecular weight excluding hydrogens is 504 g/mol. The number of ether oxygens (including phenoxy) is 2. The van der Waals surface area contributed by atoms with Crippen molar-refractivity contribution in [2.75, 3.05) is 6.61 Å². The van der Waals surface area contributed by atoms with Gasteiger partial charge in [-0.05, 0) is 23.3 Å². The topological polar surface area (TPSA) is 110 Å². The summed E-state index contributed by atoms with van der Waals surface area (Å²) in [4.78, 5) is 28.4. The number of nitriles is 1. The summed E-state index contributed by atoms with van der Waals surface area (Å²) in [5.74, 6) is -0.659. The normalized spacial score (nSPS) is 17.7. The molecular formula is C30H25ClN2O5. The van der Waals surface area contributed by atoms with Gasteiger partial charge in [0.15, 0.2) is 6.29 Å². The summed E-state index contributed by atoms with van der Waals surface area (Å²) < 4.78 is 11.9. The molecule has 0 spiro atoms. The first-order valence-corrected chi connectivity index (χ1v) is 12.2. The maximum Gasteiger partial charge on any atom is 0.317 e. The van der Waals surface area contributed by atoms with Crippen molar-refractivity contribution in [1.82, 2.24) is 4.98 Å². The lowest BCUT2D eigenvalue weighted by atomic mass is 9.58. The number of carbonyl (C=O) groups is 2. The largest absolute Gasteiger partial charge is 0.490 e. The Bertz CT molecular complexity index is 1470. The van der Waals surface area contributed by atoms with E-state index in [1.165, 1.54) is 18.3 Å². The zero-order valence-corrected chi connectivity index (χ0v) is 21.6. The Balaban J connectivity index is 1.61. The molecule has 0 fully saturated rings. The molecule has 192 valence electrons. The van der Waals surface area contributed by atoms with Crippen LogP contribution < -0.4 is 9.47 Å². The number of allylic oxidation sites excluding steroid dienone is 3. The van der Waals surface area contributed by atoms with Gasteiger partial charge in [0.2, 0.25) is 0 Å². The number of carbonyl (C=O) groups excluding carboxylic acids is 1. The molecule has 1 unspecified atom stereocenters. The molecule has 0 aliphatic heterocycles. The number of hydrogen-bond acceptors (Lipinski definition) is 6. The molecule has 1 aliphatic rings. The fraction of sp³-hybridized carbons (Fsp3) is 0.200. The minimum Gasteiger partial charge on any atom is -0.490 e. The van der Waals surface area contributed by atoms with Crippen LogP contribution in [-0.2, 0) is 11.4 Å². The average Bonchev–Trinajstić information content (AvgIpc) is 2.92. The predicted octanol–water partition coefficient (Wildman–Crippen LogP) is 6.13. The van der Waals surface area contributed by atoms with E-state index in [1.54, 1.807) is 24.4 Å². The van der Waals surface area contributed by atoms with Crippen molar-refractivity contribution < 1.29 is 24.2 Å². The van der Waals surface area contributed by atoms with E-state index in [-0.39, 0.29) is 35.3 Å². The number of rotatable bonds is 9. The molecule has 3 aromatic rings. The van der Waals surface area contributed by atoms with Crippen molar-refractivity contribution in [2.45, 2.75) is 20.5 Å². The number of aldehydes is 1. The van der Waals surface area contributed by atoms with Crippen LogP contribution in [0.15, 0.2) is 79.2 Å². The zero-order chi connectivity index (χ0) is 27.3. The molecule has 7 nitrogen and oxygen atoms in total. The molecule has 1 atom stereocenters. The standard InChI is InChI=1S/C30H25ClN2O5/c1-29(2)24(22-7-4-3-5-8-22)9-6-10-30(29,28(35)36)19-38-27-13-26(23(17-34)12-25(27)31)37-18-21-11-20(14-32)15-33-16-21/h3-13,15-17H,18-19H2,1-2H3,(H,35,36). The molecule has 0 saturated heterocycles. The second-order valence-electron chi connectivity index (χ2n) is 9.42. The summed E-state index contributed by atoms with van der Waals surface area (Å²) in [6.07, 6.45) is 8.90. The molecule has 1 aliphatic carbocycles. The number of aromatic nitrogens is 1. The smallest absolute Gasteiger partial charge is 0.317 e. The Labute approximate surface area is 225 Å². The summed E-state index contributed by atoms with van der Waals surface area (Å²) in [6.45, 7) is 3.58. The Morgan fingerprint density at radius 3 is 2.58 bits per heavy atom. The van der Waals surface area contributed by atoms with Crippen LogP contribution in [0, 0.1) is 22.2 Å². The number of carboxylic acids is 1. The molecule has 1 heterocycles. The third-order valence-corrected chi connectivity index (χ3v) is 7.16. The molecule has 38 heavy (non-hydrogen) atoms. The van der Waals surface area contributed by atoms with Crippen LogP contribution in [0.1, 0.15) is 40.9 Å². The maximum atomic E-state index is 12.8. The highest BCUT2D eigenvalue weighted by Crippen LogP contribution is 2.52. The molecule has 1 N–H and O–H groups in total. The van der Waals surface area contributed by atoms with Gasteiger partial charge in [0.1, 0.15) is 36.2 Å². The van der Waals surface area contributed by atoms with Gasteiger partial charge in [-0.15, -0.1) is 0 Å². The highest BCUT2D eigenvalue weighted by Gasteiger charge is 2.53. The number of hydrogen-bond donors (Lipinski definition) is 1. The summed E-state index contributed by atoms with van der Waals surface area (Å²) >= 11 is 6.41. The van der Waals surface area contributed by atoms with Gasteiger partial charge in [-0.3, -0.25) is 14.6 Å². The minimum absolute atomic E-state index is 0.0461. The van der Waals surface area contributed by atoms with E-state index in [1.807, 2.05) is 56.3 Å². The van der Waals surface area contributed by atoms with Gasteiger partial charge in [0.05, 0.1) is 16.1 Å². The SMILES string of the molecule is CC1(C)C(c2ccccc2)=CC=CC1(COc1cc(OCc2cncc(C#N)c2)c(C=O)cc1Cl)C(=O)O. The Hall–Kier alpha value is -4.41. The summed E-state index contributed by atoms with van der Waals surface area (Å²) in [5, 5.41) is 19.7. The number of carboxylic acid groups (broad SMARTS) is 1. The summed E-state index contributed by atoms with van der Waals surface area (Å²) in [6, 6.07) is 16.1. The van der Waals surface area contributed by atoms with Crippen LogP contribution in [0.25, 0.3) is 5.57 Å². The van der Waals surface area contributed by atoms with Gasteiger partial charge >= 0.3 is 5.97 Å². The molecule has 1 aromatic heterocycles. The van der Waals surface area contributed by atoms with E-state index >= 15 is 0 Å². The second-order valence-corrected chi connectivity index (χ2v) is 9.82. The first-order chi connectivity index (χ1) is 18.2. The zero-order valence-electron chi connectivity index (χ0n) is 20.8. The van der Waals surface area contributed by atoms with Gasteiger partial charge in [-0.25, -0.2) is 0 Å². The van der Waals surface area contributed by atoms with Crippen molar-refractivity contribution in [2.24, 2.45) is 10.8 Å².